The van der Waals surface area contributed by atoms with E-state index < -0.39 is 0 Å². The van der Waals surface area contributed by atoms with Crippen molar-refractivity contribution in [3.05, 3.63) is 34.9 Å². The van der Waals surface area contributed by atoms with Crippen molar-refractivity contribution in [1.29, 1.82) is 0 Å². The molecule has 0 bridgehead atoms. The molecule has 0 saturated carbocycles. The zero-order chi connectivity index (χ0) is 14.0. The summed E-state index contributed by atoms with van der Waals surface area (Å²) in [4.78, 5) is 2.58. The molecule has 2 N–H and O–H groups in total. The third-order valence-electron chi connectivity index (χ3n) is 4.12. The van der Waals surface area contributed by atoms with E-state index in [0.29, 0.717) is 23.1 Å². The number of thioether (sulfide) groups is 1. The van der Waals surface area contributed by atoms with E-state index in [1.165, 1.54) is 16.7 Å². The van der Waals surface area contributed by atoms with Gasteiger partial charge in [0, 0.05) is 36.2 Å². The van der Waals surface area contributed by atoms with E-state index in [0.717, 1.165) is 13.1 Å². The molecule has 1 aliphatic rings. The number of hydrogen-bond acceptors (Lipinski definition) is 3. The molecule has 0 spiro atoms. The molecule has 1 heterocycles. The van der Waals surface area contributed by atoms with Gasteiger partial charge in [0.1, 0.15) is 0 Å². The van der Waals surface area contributed by atoms with Crippen LogP contribution in [-0.4, -0.2) is 35.0 Å². The zero-order valence-electron chi connectivity index (χ0n) is 12.5. The molecule has 106 valence electrons. The van der Waals surface area contributed by atoms with E-state index in [1.807, 2.05) is 0 Å². The van der Waals surface area contributed by atoms with Crippen LogP contribution < -0.4 is 5.73 Å². The Hall–Kier alpha value is -0.510. The number of nitrogens with zero attached hydrogens (tertiary/aromatic N) is 1. The van der Waals surface area contributed by atoms with Crippen LogP contribution in [-0.2, 0) is 0 Å². The van der Waals surface area contributed by atoms with E-state index in [1.54, 1.807) is 0 Å². The van der Waals surface area contributed by atoms with Gasteiger partial charge in [-0.1, -0.05) is 32.0 Å². The van der Waals surface area contributed by atoms with Crippen molar-refractivity contribution in [2.24, 2.45) is 5.73 Å². The maximum absolute atomic E-state index is 6.10. The van der Waals surface area contributed by atoms with Crippen molar-refractivity contribution < 1.29 is 0 Å². The molecule has 1 fully saturated rings. The second-order valence-electron chi connectivity index (χ2n) is 5.75. The van der Waals surface area contributed by atoms with Crippen LogP contribution >= 0.6 is 11.8 Å². The summed E-state index contributed by atoms with van der Waals surface area (Å²) in [5, 5.41) is 1.39. The van der Waals surface area contributed by atoms with Gasteiger partial charge in [-0.05, 0) is 30.5 Å². The highest BCUT2D eigenvalue weighted by Gasteiger charge is 2.28. The molecule has 0 radical (unpaired) electrons. The molecule has 2 nitrogen and oxygen atoms in total. The Kier molecular flexibility index (Phi) is 4.93. The first-order valence-electron chi connectivity index (χ1n) is 7.18. The highest BCUT2D eigenvalue weighted by Crippen LogP contribution is 2.32. The van der Waals surface area contributed by atoms with Gasteiger partial charge in [-0.2, -0.15) is 11.8 Å². The summed E-state index contributed by atoms with van der Waals surface area (Å²) in [5.74, 6) is 0. The Morgan fingerprint density at radius 1 is 1.26 bits per heavy atom. The van der Waals surface area contributed by atoms with Crippen molar-refractivity contribution in [1.82, 2.24) is 4.90 Å². The van der Waals surface area contributed by atoms with Gasteiger partial charge in [-0.15, -0.1) is 0 Å². The maximum atomic E-state index is 6.10. The molecule has 3 atom stereocenters. The maximum Gasteiger partial charge on any atom is 0.0474 e. The summed E-state index contributed by atoms with van der Waals surface area (Å²) in [6, 6.07) is 6.96. The fraction of sp³-hybridized carbons (Fsp3) is 0.625. The van der Waals surface area contributed by atoms with Gasteiger partial charge in [0.25, 0.3) is 0 Å². The summed E-state index contributed by atoms with van der Waals surface area (Å²) in [6.07, 6.45) is 0. The monoisotopic (exact) mass is 278 g/mol. The lowest BCUT2D eigenvalue weighted by Crippen LogP contribution is -2.45. The van der Waals surface area contributed by atoms with Gasteiger partial charge in [0.2, 0.25) is 0 Å². The van der Waals surface area contributed by atoms with Crippen molar-refractivity contribution in [3.8, 4) is 0 Å². The molecule has 3 heteroatoms. The average molecular weight is 278 g/mol. The van der Waals surface area contributed by atoms with E-state index in [9.17, 15) is 0 Å². The second kappa shape index (κ2) is 6.29. The SMILES string of the molecule is Cc1cccc(C(CN)N2CC(C)SC(C)C2)c1C. The summed E-state index contributed by atoms with van der Waals surface area (Å²) >= 11 is 2.09. The topological polar surface area (TPSA) is 29.3 Å². The minimum absolute atomic E-state index is 0.366. The summed E-state index contributed by atoms with van der Waals surface area (Å²) in [6.45, 7) is 12.0. The van der Waals surface area contributed by atoms with Crippen molar-refractivity contribution in [3.63, 3.8) is 0 Å². The standard InChI is InChI=1S/C16H26N2S/c1-11-6-5-7-15(14(11)4)16(8-17)18-9-12(2)19-13(3)10-18/h5-7,12-13,16H,8-10,17H2,1-4H3. The number of rotatable bonds is 3. The van der Waals surface area contributed by atoms with Crippen LogP contribution in [0.5, 0.6) is 0 Å². The van der Waals surface area contributed by atoms with Crippen LogP contribution in [0.1, 0.15) is 36.6 Å². The van der Waals surface area contributed by atoms with E-state index in [-0.39, 0.29) is 0 Å². The minimum Gasteiger partial charge on any atom is -0.329 e. The molecule has 19 heavy (non-hydrogen) atoms. The second-order valence-corrected chi connectivity index (χ2v) is 7.63. The lowest BCUT2D eigenvalue weighted by molar-refractivity contribution is 0.199. The molecule has 1 aromatic rings. The predicted octanol–water partition coefficient (Wildman–Crippen LogP) is 3.13. The zero-order valence-corrected chi connectivity index (χ0v) is 13.3. The average Bonchev–Trinajstić information content (AvgIpc) is 2.34. The van der Waals surface area contributed by atoms with Crippen LogP contribution in [0.4, 0.5) is 0 Å². The predicted molar refractivity (Wildman–Crippen MR) is 85.8 cm³/mol. The Morgan fingerprint density at radius 3 is 2.47 bits per heavy atom. The van der Waals surface area contributed by atoms with Crippen molar-refractivity contribution in [2.45, 2.75) is 44.2 Å². The van der Waals surface area contributed by atoms with Gasteiger partial charge in [-0.25, -0.2) is 0 Å². The third-order valence-corrected chi connectivity index (χ3v) is 5.34. The summed E-state index contributed by atoms with van der Waals surface area (Å²) in [7, 11) is 0. The lowest BCUT2D eigenvalue weighted by atomic mass is 9.96. The smallest absolute Gasteiger partial charge is 0.0474 e. The molecular weight excluding hydrogens is 252 g/mol. The van der Waals surface area contributed by atoms with Crippen molar-refractivity contribution in [2.75, 3.05) is 19.6 Å². The first-order valence-corrected chi connectivity index (χ1v) is 8.13. The van der Waals surface area contributed by atoms with Crippen LogP contribution in [0.3, 0.4) is 0 Å². The van der Waals surface area contributed by atoms with Crippen LogP contribution in [0.15, 0.2) is 18.2 Å². The number of hydrogen-bond donors (Lipinski definition) is 1. The summed E-state index contributed by atoms with van der Waals surface area (Å²) < 4.78 is 0. The summed E-state index contributed by atoms with van der Waals surface area (Å²) in [5.41, 5.74) is 10.3. The van der Waals surface area contributed by atoms with E-state index in [2.05, 4.69) is 62.6 Å². The number of nitrogens with two attached hydrogens (primary N) is 1. The van der Waals surface area contributed by atoms with Gasteiger partial charge in [0.05, 0.1) is 0 Å². The highest BCUT2D eigenvalue weighted by molar-refractivity contribution is 8.00. The Morgan fingerprint density at radius 2 is 1.89 bits per heavy atom. The van der Waals surface area contributed by atoms with Crippen LogP contribution in [0.2, 0.25) is 0 Å². The highest BCUT2D eigenvalue weighted by atomic mass is 32.2. The van der Waals surface area contributed by atoms with Crippen LogP contribution in [0.25, 0.3) is 0 Å². The van der Waals surface area contributed by atoms with Gasteiger partial charge < -0.3 is 5.73 Å². The molecule has 0 aromatic heterocycles. The quantitative estimate of drug-likeness (QED) is 0.921. The minimum atomic E-state index is 0.366. The first kappa shape index (κ1) is 14.9. The largest absolute Gasteiger partial charge is 0.329 e. The Labute approximate surface area is 121 Å². The molecule has 0 aliphatic carbocycles. The molecule has 1 aromatic carbocycles. The Balaban J connectivity index is 2.26. The van der Waals surface area contributed by atoms with Gasteiger partial charge >= 0.3 is 0 Å². The lowest BCUT2D eigenvalue weighted by Gasteiger charge is -2.40. The van der Waals surface area contributed by atoms with Crippen molar-refractivity contribution >= 4 is 11.8 Å². The van der Waals surface area contributed by atoms with Gasteiger partial charge in [0.15, 0.2) is 0 Å². The third kappa shape index (κ3) is 3.33. The number of aryl methyl sites for hydroxylation is 1. The molecular formula is C16H26N2S. The molecule has 0 amide bonds. The molecule has 1 saturated heterocycles. The van der Waals surface area contributed by atoms with Crippen LogP contribution in [0, 0.1) is 13.8 Å². The van der Waals surface area contributed by atoms with E-state index in [4.69, 9.17) is 5.73 Å². The fourth-order valence-electron chi connectivity index (χ4n) is 3.08. The molecule has 3 unspecified atom stereocenters. The first-order chi connectivity index (χ1) is 9.02. The normalized spacial score (nSPS) is 26.4. The van der Waals surface area contributed by atoms with Gasteiger partial charge in [-0.3, -0.25) is 4.90 Å². The Bertz CT molecular complexity index is 423. The molecule has 2 rings (SSSR count). The molecule has 1 aliphatic heterocycles. The number of benzene rings is 1. The van der Waals surface area contributed by atoms with E-state index >= 15 is 0 Å². The fourth-order valence-corrected chi connectivity index (χ4v) is 4.43.